The number of nitrogens with one attached hydrogen (secondary N) is 1. The molecule has 1 saturated heterocycles. The van der Waals surface area contributed by atoms with E-state index in [1.165, 1.54) is 36.9 Å². The zero-order valence-corrected chi connectivity index (χ0v) is 25.2. The first-order valence-electron chi connectivity index (χ1n) is 12.7. The number of anilines is 1. The highest BCUT2D eigenvalue weighted by molar-refractivity contribution is 7.20. The molecule has 0 aromatic carbocycles. The summed E-state index contributed by atoms with van der Waals surface area (Å²) in [6, 6.07) is 0. The molecule has 3 aromatic heterocycles. The van der Waals surface area contributed by atoms with E-state index in [1.807, 2.05) is 0 Å². The number of ketones is 1. The summed E-state index contributed by atoms with van der Waals surface area (Å²) in [5.74, 6) is -3.20. The SMILES string of the molecule is CC(=O)OC[C@H]1O[C@@H](Nc2ncc(C(=O)c3sc(-c4cnccn4)nc3C)s2)[C@@H](OC(C)=O)[C@@H](OC(C)=O)[C@@H]1OC(C)=O. The Labute approximate surface area is 252 Å². The highest BCUT2D eigenvalue weighted by Gasteiger charge is 2.52. The number of thiazole rings is 2. The van der Waals surface area contributed by atoms with Crippen molar-refractivity contribution < 1.29 is 47.7 Å². The number of nitrogens with zero attached hydrogens (tertiary/aromatic N) is 4. The third-order valence-corrected chi connectivity index (χ3v) is 7.88. The standard InChI is InChI=1S/C26H27N5O10S2/c1-11-23(43-25(30-11)16-8-27-6-7-28-16)19(36)18-9-29-26(42-18)31-24-22(40-15(5)35)21(39-14(4)34)20(38-13(3)33)17(41-24)10-37-12(2)32/h6-9,17,20-22,24H,10H2,1-5H3,(H,29,31)/t17-,20-,21+,22+,24-/m1/s1. The van der Waals surface area contributed by atoms with Gasteiger partial charge in [-0.15, -0.1) is 11.3 Å². The first-order valence-corrected chi connectivity index (χ1v) is 14.4. The van der Waals surface area contributed by atoms with Crippen molar-refractivity contribution in [3.05, 3.63) is 40.2 Å². The minimum Gasteiger partial charge on any atom is -0.463 e. The van der Waals surface area contributed by atoms with Gasteiger partial charge in [-0.05, 0) is 6.92 Å². The lowest BCUT2D eigenvalue weighted by atomic mass is 9.97. The molecule has 5 atom stereocenters. The maximum Gasteiger partial charge on any atom is 0.303 e. The van der Waals surface area contributed by atoms with E-state index < -0.39 is 54.5 Å². The Morgan fingerprint density at radius 1 is 0.860 bits per heavy atom. The van der Waals surface area contributed by atoms with Gasteiger partial charge in [-0.2, -0.15) is 0 Å². The second-order valence-electron chi connectivity index (χ2n) is 9.15. The van der Waals surface area contributed by atoms with Crippen LogP contribution in [0.5, 0.6) is 0 Å². The number of carbonyl (C=O) groups excluding carboxylic acids is 5. The molecule has 4 rings (SSSR count). The molecule has 1 aliphatic heterocycles. The quantitative estimate of drug-likeness (QED) is 0.193. The van der Waals surface area contributed by atoms with Crippen LogP contribution in [-0.2, 0) is 42.9 Å². The van der Waals surface area contributed by atoms with E-state index in [0.29, 0.717) is 21.3 Å². The van der Waals surface area contributed by atoms with Crippen LogP contribution in [0.1, 0.15) is 47.9 Å². The van der Waals surface area contributed by atoms with Crippen LogP contribution in [-0.4, -0.2) is 86.8 Å². The average Bonchev–Trinajstić information content (AvgIpc) is 3.57. The zero-order chi connectivity index (χ0) is 31.3. The summed E-state index contributed by atoms with van der Waals surface area (Å²) >= 11 is 2.16. The lowest BCUT2D eigenvalue weighted by molar-refractivity contribution is -0.247. The van der Waals surface area contributed by atoms with Crippen LogP contribution in [0.2, 0.25) is 0 Å². The Kier molecular flexibility index (Phi) is 10.1. The van der Waals surface area contributed by atoms with Crippen LogP contribution in [0.4, 0.5) is 5.13 Å². The van der Waals surface area contributed by atoms with Gasteiger partial charge in [-0.25, -0.2) is 9.97 Å². The predicted octanol–water partition coefficient (Wildman–Crippen LogP) is 2.09. The highest BCUT2D eigenvalue weighted by Crippen LogP contribution is 2.33. The zero-order valence-electron chi connectivity index (χ0n) is 23.6. The van der Waals surface area contributed by atoms with Crippen molar-refractivity contribution in [2.24, 2.45) is 0 Å². The van der Waals surface area contributed by atoms with E-state index in [2.05, 4.69) is 25.3 Å². The molecule has 0 bridgehead atoms. The first-order chi connectivity index (χ1) is 20.4. The van der Waals surface area contributed by atoms with Crippen molar-refractivity contribution in [3.63, 3.8) is 0 Å². The van der Waals surface area contributed by atoms with Gasteiger partial charge in [0.15, 0.2) is 29.7 Å². The highest BCUT2D eigenvalue weighted by atomic mass is 32.1. The van der Waals surface area contributed by atoms with Crippen LogP contribution in [0.15, 0.2) is 24.8 Å². The Morgan fingerprint density at radius 3 is 2.16 bits per heavy atom. The lowest BCUT2D eigenvalue weighted by Gasteiger charge is -2.44. The van der Waals surface area contributed by atoms with E-state index in [-0.39, 0.29) is 22.4 Å². The van der Waals surface area contributed by atoms with Gasteiger partial charge in [-0.3, -0.25) is 33.9 Å². The maximum atomic E-state index is 13.4. The van der Waals surface area contributed by atoms with Gasteiger partial charge < -0.3 is 29.0 Å². The van der Waals surface area contributed by atoms with Crippen molar-refractivity contribution in [2.75, 3.05) is 11.9 Å². The van der Waals surface area contributed by atoms with E-state index >= 15 is 0 Å². The van der Waals surface area contributed by atoms with Gasteiger partial charge in [0.2, 0.25) is 5.78 Å². The first kappa shape index (κ1) is 31.6. The topological polar surface area (TPSA) is 195 Å². The maximum absolute atomic E-state index is 13.4. The second kappa shape index (κ2) is 13.7. The third-order valence-electron chi connectivity index (χ3n) is 5.77. The van der Waals surface area contributed by atoms with E-state index in [0.717, 1.165) is 32.1 Å². The fourth-order valence-corrected chi connectivity index (χ4v) is 5.99. The molecule has 1 aliphatic rings. The summed E-state index contributed by atoms with van der Waals surface area (Å²) in [5.41, 5.74) is 1.04. The molecule has 0 saturated carbocycles. The van der Waals surface area contributed by atoms with Crippen LogP contribution >= 0.6 is 22.7 Å². The molecule has 3 aromatic rings. The fourth-order valence-electron chi connectivity index (χ4n) is 4.15. The number of ether oxygens (including phenoxy) is 5. The molecule has 15 nitrogen and oxygen atoms in total. The Balaban J connectivity index is 1.61. The molecule has 0 amide bonds. The molecule has 1 fully saturated rings. The minimum atomic E-state index is -1.35. The summed E-state index contributed by atoms with van der Waals surface area (Å²) in [7, 11) is 0. The number of esters is 4. The molecule has 1 N–H and O–H groups in total. The summed E-state index contributed by atoms with van der Waals surface area (Å²) in [5, 5.41) is 3.69. The number of hydrogen-bond donors (Lipinski definition) is 1. The van der Waals surface area contributed by atoms with Gasteiger partial charge in [0.05, 0.1) is 27.8 Å². The van der Waals surface area contributed by atoms with E-state index in [1.54, 1.807) is 13.1 Å². The molecule has 43 heavy (non-hydrogen) atoms. The molecule has 0 radical (unpaired) electrons. The Bertz CT molecular complexity index is 1510. The molecular weight excluding hydrogens is 606 g/mol. The fraction of sp³-hybridized carbons (Fsp3) is 0.423. The van der Waals surface area contributed by atoms with E-state index in [4.69, 9.17) is 23.7 Å². The second-order valence-corrected chi connectivity index (χ2v) is 11.2. The van der Waals surface area contributed by atoms with Crippen molar-refractivity contribution in [1.29, 1.82) is 0 Å². The largest absolute Gasteiger partial charge is 0.463 e. The monoisotopic (exact) mass is 633 g/mol. The van der Waals surface area contributed by atoms with Gasteiger partial charge in [0.1, 0.15) is 23.4 Å². The third kappa shape index (κ3) is 7.94. The van der Waals surface area contributed by atoms with Crippen molar-refractivity contribution in [3.8, 4) is 10.7 Å². The Hall–Kier alpha value is -4.35. The summed E-state index contributed by atoms with van der Waals surface area (Å²) < 4.78 is 27.4. The molecular formula is C26H27N5O10S2. The number of hydrogen-bond acceptors (Lipinski definition) is 17. The molecule has 0 unspecified atom stereocenters. The number of aryl methyl sites for hydroxylation is 1. The van der Waals surface area contributed by atoms with Crippen molar-refractivity contribution >= 4 is 57.5 Å². The van der Waals surface area contributed by atoms with Crippen LogP contribution < -0.4 is 5.32 Å². The normalized spacial score (nSPS) is 21.4. The molecule has 0 spiro atoms. The predicted molar refractivity (Wildman–Crippen MR) is 149 cm³/mol. The Morgan fingerprint density at radius 2 is 1.53 bits per heavy atom. The van der Waals surface area contributed by atoms with Crippen molar-refractivity contribution in [1.82, 2.24) is 19.9 Å². The molecule has 0 aliphatic carbocycles. The van der Waals surface area contributed by atoms with Gasteiger partial charge in [-0.1, -0.05) is 11.3 Å². The summed E-state index contributed by atoms with van der Waals surface area (Å²) in [4.78, 5) is 78.6. The van der Waals surface area contributed by atoms with Crippen molar-refractivity contribution in [2.45, 2.75) is 65.3 Å². The number of rotatable bonds is 10. The lowest BCUT2D eigenvalue weighted by Crippen LogP contribution is -2.64. The van der Waals surface area contributed by atoms with Gasteiger partial charge >= 0.3 is 23.9 Å². The smallest absolute Gasteiger partial charge is 0.303 e. The summed E-state index contributed by atoms with van der Waals surface area (Å²) in [6.45, 7) is 5.91. The molecule has 17 heteroatoms. The van der Waals surface area contributed by atoms with Crippen LogP contribution in [0.3, 0.4) is 0 Å². The minimum absolute atomic E-state index is 0.195. The average molecular weight is 634 g/mol. The van der Waals surface area contributed by atoms with Crippen LogP contribution in [0.25, 0.3) is 10.7 Å². The van der Waals surface area contributed by atoms with E-state index in [9.17, 15) is 24.0 Å². The number of carbonyl (C=O) groups is 5. The van der Waals surface area contributed by atoms with Gasteiger partial charge in [0, 0.05) is 40.1 Å². The number of aromatic nitrogens is 4. The molecule has 228 valence electrons. The molecule has 4 heterocycles. The van der Waals surface area contributed by atoms with Crippen LogP contribution in [0, 0.1) is 6.92 Å². The van der Waals surface area contributed by atoms with Gasteiger partial charge in [0.25, 0.3) is 0 Å². The summed E-state index contributed by atoms with van der Waals surface area (Å²) in [6.07, 6.45) is -0.371.